The summed E-state index contributed by atoms with van der Waals surface area (Å²) in [7, 11) is -1.55. The molecule has 0 aliphatic heterocycles. The lowest BCUT2D eigenvalue weighted by Gasteiger charge is -2.03. The lowest BCUT2D eigenvalue weighted by Crippen LogP contribution is -2.24. The first-order valence-electron chi connectivity index (χ1n) is 4.88. The molecule has 0 radical (unpaired) electrons. The zero-order valence-corrected chi connectivity index (χ0v) is 9.63. The van der Waals surface area contributed by atoms with Crippen LogP contribution in [0.3, 0.4) is 0 Å². The molecule has 86 valence electrons. The summed E-state index contributed by atoms with van der Waals surface area (Å²) in [6.07, 6.45) is 4.87. The molecule has 0 unspecified atom stereocenters. The highest BCUT2D eigenvalue weighted by molar-refractivity contribution is 7.89. The summed E-state index contributed by atoms with van der Waals surface area (Å²) in [4.78, 5) is 0.303. The van der Waals surface area contributed by atoms with E-state index in [1.54, 1.807) is 30.1 Å². The van der Waals surface area contributed by atoms with Gasteiger partial charge >= 0.3 is 0 Å². The number of nitrogens with one attached hydrogen (secondary N) is 1. The molecule has 0 bridgehead atoms. The van der Waals surface area contributed by atoms with E-state index in [1.165, 1.54) is 0 Å². The maximum atomic E-state index is 11.7. The van der Waals surface area contributed by atoms with Gasteiger partial charge in [-0.25, -0.2) is 13.1 Å². The van der Waals surface area contributed by atoms with Gasteiger partial charge in [-0.3, -0.25) is 0 Å². The molecule has 15 heavy (non-hydrogen) atoms. The molecule has 1 aromatic rings. The first-order chi connectivity index (χ1) is 7.06. The predicted molar refractivity (Wildman–Crippen MR) is 58.9 cm³/mol. The zero-order valence-electron chi connectivity index (χ0n) is 8.81. The number of unbranched alkanes of at least 4 members (excludes halogenated alkanes) is 1. The second kappa shape index (κ2) is 5.29. The van der Waals surface area contributed by atoms with Gasteiger partial charge in [0.2, 0.25) is 10.0 Å². The quantitative estimate of drug-likeness (QED) is 0.679. The Labute approximate surface area is 90.3 Å². The van der Waals surface area contributed by atoms with Crippen LogP contribution in [0, 0.1) is 0 Å². The van der Waals surface area contributed by atoms with Gasteiger partial charge in [0.25, 0.3) is 0 Å². The predicted octanol–water partition coefficient (Wildman–Crippen LogP) is 0.0423. The van der Waals surface area contributed by atoms with E-state index in [4.69, 9.17) is 5.73 Å². The number of aromatic nitrogens is 1. The summed E-state index contributed by atoms with van der Waals surface area (Å²) in [5.74, 6) is 0. The van der Waals surface area contributed by atoms with Crippen molar-refractivity contribution < 1.29 is 8.42 Å². The average Bonchev–Trinajstić information content (AvgIpc) is 2.60. The van der Waals surface area contributed by atoms with Crippen molar-refractivity contribution in [2.45, 2.75) is 17.7 Å². The number of aryl methyl sites for hydroxylation is 1. The van der Waals surface area contributed by atoms with Gasteiger partial charge in [0.15, 0.2) is 0 Å². The average molecular weight is 231 g/mol. The molecule has 0 amide bonds. The Morgan fingerprint density at radius 1 is 1.47 bits per heavy atom. The molecular formula is C9H17N3O2S. The van der Waals surface area contributed by atoms with Crippen LogP contribution >= 0.6 is 0 Å². The summed E-state index contributed by atoms with van der Waals surface area (Å²) in [6.45, 7) is 1.03. The summed E-state index contributed by atoms with van der Waals surface area (Å²) < 4.78 is 27.5. The van der Waals surface area contributed by atoms with Crippen LogP contribution in [0.15, 0.2) is 23.4 Å². The van der Waals surface area contributed by atoms with Gasteiger partial charge in [0, 0.05) is 26.0 Å². The minimum atomic E-state index is -3.33. The van der Waals surface area contributed by atoms with Gasteiger partial charge in [-0.15, -0.1) is 0 Å². The van der Waals surface area contributed by atoms with Crippen LogP contribution in [0.2, 0.25) is 0 Å². The molecule has 1 rings (SSSR count). The molecule has 0 fully saturated rings. The van der Waals surface area contributed by atoms with Gasteiger partial charge in [-0.05, 0) is 25.5 Å². The molecule has 3 N–H and O–H groups in total. The van der Waals surface area contributed by atoms with Crippen LogP contribution in [0.1, 0.15) is 12.8 Å². The zero-order chi connectivity index (χ0) is 11.3. The molecule has 0 saturated carbocycles. The van der Waals surface area contributed by atoms with Crippen LogP contribution in [0.25, 0.3) is 0 Å². The minimum Gasteiger partial charge on any atom is -0.356 e. The van der Waals surface area contributed by atoms with Gasteiger partial charge < -0.3 is 10.3 Å². The molecule has 0 aliphatic rings. The van der Waals surface area contributed by atoms with Crippen LogP contribution < -0.4 is 10.5 Å². The molecular weight excluding hydrogens is 214 g/mol. The van der Waals surface area contributed by atoms with Crippen molar-refractivity contribution in [3.8, 4) is 0 Å². The van der Waals surface area contributed by atoms with Crippen LogP contribution in [-0.4, -0.2) is 26.1 Å². The van der Waals surface area contributed by atoms with E-state index in [9.17, 15) is 8.42 Å². The molecule has 1 heterocycles. The minimum absolute atomic E-state index is 0.303. The summed E-state index contributed by atoms with van der Waals surface area (Å²) in [6, 6.07) is 1.57. The van der Waals surface area contributed by atoms with E-state index in [2.05, 4.69) is 4.72 Å². The van der Waals surface area contributed by atoms with Crippen LogP contribution in [0.5, 0.6) is 0 Å². The third-order valence-corrected chi connectivity index (χ3v) is 3.48. The molecule has 0 spiro atoms. The fraction of sp³-hybridized carbons (Fsp3) is 0.556. The molecule has 5 nitrogen and oxygen atoms in total. The van der Waals surface area contributed by atoms with E-state index in [1.807, 2.05) is 0 Å². The molecule has 0 atom stereocenters. The van der Waals surface area contributed by atoms with Crippen molar-refractivity contribution in [1.29, 1.82) is 0 Å². The van der Waals surface area contributed by atoms with E-state index in [0.29, 0.717) is 18.0 Å². The smallest absolute Gasteiger partial charge is 0.242 e. The Hall–Kier alpha value is -0.850. The first-order valence-corrected chi connectivity index (χ1v) is 6.36. The normalized spacial score (nSPS) is 11.9. The van der Waals surface area contributed by atoms with E-state index < -0.39 is 10.0 Å². The maximum absolute atomic E-state index is 11.7. The number of rotatable bonds is 6. The van der Waals surface area contributed by atoms with Gasteiger partial charge in [-0.1, -0.05) is 0 Å². The van der Waals surface area contributed by atoms with E-state index in [0.717, 1.165) is 12.8 Å². The van der Waals surface area contributed by atoms with Crippen molar-refractivity contribution in [3.05, 3.63) is 18.5 Å². The standard InChI is InChI=1S/C9H17N3O2S/c1-12-7-4-9(8-12)15(13,14)11-6-3-2-5-10/h4,7-8,11H,2-3,5-6,10H2,1H3. The highest BCUT2D eigenvalue weighted by atomic mass is 32.2. The highest BCUT2D eigenvalue weighted by Gasteiger charge is 2.13. The Kier molecular flexibility index (Phi) is 4.31. The fourth-order valence-corrected chi connectivity index (χ4v) is 2.32. The monoisotopic (exact) mass is 231 g/mol. The van der Waals surface area contributed by atoms with Gasteiger partial charge in [0.1, 0.15) is 0 Å². The largest absolute Gasteiger partial charge is 0.356 e. The lowest BCUT2D eigenvalue weighted by atomic mass is 10.3. The number of nitrogens with two attached hydrogens (primary N) is 1. The fourth-order valence-electron chi connectivity index (χ4n) is 1.20. The number of sulfonamides is 1. The maximum Gasteiger partial charge on any atom is 0.242 e. The van der Waals surface area contributed by atoms with Crippen LogP contribution in [0.4, 0.5) is 0 Å². The van der Waals surface area contributed by atoms with Crippen molar-refractivity contribution >= 4 is 10.0 Å². The molecule has 1 aromatic heterocycles. The van der Waals surface area contributed by atoms with E-state index >= 15 is 0 Å². The van der Waals surface area contributed by atoms with E-state index in [-0.39, 0.29) is 0 Å². The molecule has 0 aliphatic carbocycles. The lowest BCUT2D eigenvalue weighted by molar-refractivity contribution is 0.577. The second-order valence-corrected chi connectivity index (χ2v) is 5.17. The first kappa shape index (κ1) is 12.2. The SMILES string of the molecule is Cn1ccc(S(=O)(=O)NCCCCN)c1. The highest BCUT2D eigenvalue weighted by Crippen LogP contribution is 2.07. The number of nitrogens with zero attached hydrogens (tertiary/aromatic N) is 1. The Balaban J connectivity index is 2.53. The van der Waals surface area contributed by atoms with Gasteiger partial charge in [0.05, 0.1) is 4.90 Å². The Morgan fingerprint density at radius 2 is 2.20 bits per heavy atom. The molecule has 0 aromatic carbocycles. The van der Waals surface area contributed by atoms with Crippen molar-refractivity contribution in [2.24, 2.45) is 12.8 Å². The topological polar surface area (TPSA) is 77.1 Å². The van der Waals surface area contributed by atoms with Crippen molar-refractivity contribution in [3.63, 3.8) is 0 Å². The van der Waals surface area contributed by atoms with Gasteiger partial charge in [-0.2, -0.15) is 0 Å². The molecule has 6 heteroatoms. The summed E-state index contributed by atoms with van der Waals surface area (Å²) in [5.41, 5.74) is 5.31. The third kappa shape index (κ3) is 3.65. The summed E-state index contributed by atoms with van der Waals surface area (Å²) >= 11 is 0. The Bertz CT molecular complexity index is 397. The van der Waals surface area contributed by atoms with Crippen molar-refractivity contribution in [1.82, 2.24) is 9.29 Å². The third-order valence-electron chi connectivity index (χ3n) is 2.04. The molecule has 0 saturated heterocycles. The number of hydrogen-bond acceptors (Lipinski definition) is 3. The Morgan fingerprint density at radius 3 is 2.73 bits per heavy atom. The number of hydrogen-bond donors (Lipinski definition) is 2. The summed E-state index contributed by atoms with van der Waals surface area (Å²) in [5, 5.41) is 0. The van der Waals surface area contributed by atoms with Crippen LogP contribution in [-0.2, 0) is 17.1 Å². The second-order valence-electron chi connectivity index (χ2n) is 3.41. The van der Waals surface area contributed by atoms with Crippen molar-refractivity contribution in [2.75, 3.05) is 13.1 Å².